The molecule has 5 heteroatoms. The number of hydrogen-bond donors (Lipinski definition) is 2. The van der Waals surface area contributed by atoms with Gasteiger partial charge < -0.3 is 11.1 Å². The number of hydrogen-bond acceptors (Lipinski definition) is 2. The first-order chi connectivity index (χ1) is 8.00. The minimum atomic E-state index is -0.736. The van der Waals surface area contributed by atoms with Gasteiger partial charge in [-0.2, -0.15) is 0 Å². The highest BCUT2D eigenvalue weighted by molar-refractivity contribution is 5.97. The lowest BCUT2D eigenvalue weighted by Crippen LogP contribution is -2.37. The second-order valence-corrected chi connectivity index (χ2v) is 4.83. The molecule has 3 N–H and O–H groups in total. The number of halogens is 2. The van der Waals surface area contributed by atoms with Crippen molar-refractivity contribution in [2.45, 2.75) is 18.9 Å². The molecule has 2 aliphatic rings. The quantitative estimate of drug-likeness (QED) is 0.721. The zero-order chi connectivity index (χ0) is 12.3. The Kier molecular flexibility index (Phi) is 2.04. The number of benzene rings is 1. The van der Waals surface area contributed by atoms with E-state index >= 15 is 0 Å². The fraction of sp³-hybridized carbons (Fsp3) is 0.417. The zero-order valence-corrected chi connectivity index (χ0v) is 9.21. The summed E-state index contributed by atoms with van der Waals surface area (Å²) in [6.07, 6.45) is 0. The Morgan fingerprint density at radius 2 is 2.06 bits per heavy atom. The SMILES string of the molecule is C[C@H]1[C@H]2c3cc(F)cc(F)c3NC(=O)[C@@H](N)[C@H]12. The van der Waals surface area contributed by atoms with E-state index < -0.39 is 23.6 Å². The van der Waals surface area contributed by atoms with Gasteiger partial charge in [0.15, 0.2) is 0 Å². The molecule has 1 aromatic carbocycles. The maximum atomic E-state index is 13.6. The molecular weight excluding hydrogens is 226 g/mol. The fourth-order valence-electron chi connectivity index (χ4n) is 2.90. The molecule has 1 aliphatic carbocycles. The molecule has 1 aliphatic heterocycles. The Labute approximate surface area is 97.0 Å². The lowest BCUT2D eigenvalue weighted by molar-refractivity contribution is -0.117. The van der Waals surface area contributed by atoms with Crippen LogP contribution in [-0.2, 0) is 4.79 Å². The van der Waals surface area contributed by atoms with Crippen molar-refractivity contribution >= 4 is 11.6 Å². The number of amides is 1. The van der Waals surface area contributed by atoms with E-state index in [-0.39, 0.29) is 23.4 Å². The number of rotatable bonds is 0. The van der Waals surface area contributed by atoms with Crippen molar-refractivity contribution in [2.24, 2.45) is 17.6 Å². The normalized spacial score (nSPS) is 34.5. The van der Waals surface area contributed by atoms with Crippen LogP contribution in [0.15, 0.2) is 12.1 Å². The van der Waals surface area contributed by atoms with Crippen LogP contribution < -0.4 is 11.1 Å². The first-order valence-corrected chi connectivity index (χ1v) is 5.56. The number of anilines is 1. The Morgan fingerprint density at radius 3 is 2.76 bits per heavy atom. The summed E-state index contributed by atoms with van der Waals surface area (Å²) in [4.78, 5) is 11.7. The minimum absolute atomic E-state index is 0.0163. The van der Waals surface area contributed by atoms with Gasteiger partial charge in [-0.25, -0.2) is 8.78 Å². The number of fused-ring (bicyclic) bond motifs is 3. The summed E-state index contributed by atoms with van der Waals surface area (Å²) in [5.41, 5.74) is 6.41. The molecule has 4 atom stereocenters. The molecule has 0 radical (unpaired) electrons. The molecule has 0 bridgehead atoms. The standard InChI is InChI=1S/C12H12F2N2O/c1-4-8-6-2-5(13)3-7(14)11(6)16-12(17)10(15)9(4)8/h2-4,8-10H,15H2,1H3,(H,16,17)/t4-,8-,9+,10-/m0/s1. The van der Waals surface area contributed by atoms with Gasteiger partial charge in [0.2, 0.25) is 5.91 Å². The number of nitrogens with one attached hydrogen (secondary N) is 1. The van der Waals surface area contributed by atoms with Gasteiger partial charge in [0.05, 0.1) is 11.7 Å². The Balaban J connectivity index is 2.17. The number of carbonyl (C=O) groups is 1. The van der Waals surface area contributed by atoms with Crippen LogP contribution >= 0.6 is 0 Å². The Hall–Kier alpha value is -1.49. The van der Waals surface area contributed by atoms with Crippen molar-refractivity contribution in [3.05, 3.63) is 29.3 Å². The fourth-order valence-corrected chi connectivity index (χ4v) is 2.90. The van der Waals surface area contributed by atoms with Crippen LogP contribution in [0.4, 0.5) is 14.5 Å². The molecule has 1 saturated carbocycles. The van der Waals surface area contributed by atoms with Gasteiger partial charge >= 0.3 is 0 Å². The van der Waals surface area contributed by atoms with E-state index in [2.05, 4.69) is 5.32 Å². The summed E-state index contributed by atoms with van der Waals surface area (Å²) in [6, 6.07) is 1.42. The third-order valence-corrected chi connectivity index (χ3v) is 3.86. The maximum Gasteiger partial charge on any atom is 0.241 e. The van der Waals surface area contributed by atoms with Crippen LogP contribution in [0.1, 0.15) is 18.4 Å². The minimum Gasteiger partial charge on any atom is -0.322 e. The molecule has 1 aromatic rings. The molecule has 3 rings (SSSR count). The Morgan fingerprint density at radius 1 is 1.35 bits per heavy atom. The molecule has 90 valence electrons. The third-order valence-electron chi connectivity index (χ3n) is 3.86. The predicted octanol–water partition coefficient (Wildman–Crippen LogP) is 1.59. The molecule has 0 saturated heterocycles. The van der Waals surface area contributed by atoms with E-state index in [1.807, 2.05) is 6.92 Å². The van der Waals surface area contributed by atoms with Crippen LogP contribution in [0.5, 0.6) is 0 Å². The largest absolute Gasteiger partial charge is 0.322 e. The van der Waals surface area contributed by atoms with Gasteiger partial charge in [0.1, 0.15) is 11.6 Å². The monoisotopic (exact) mass is 238 g/mol. The van der Waals surface area contributed by atoms with Crippen LogP contribution in [0.25, 0.3) is 0 Å². The maximum absolute atomic E-state index is 13.6. The lowest BCUT2D eigenvalue weighted by atomic mass is 10.1. The lowest BCUT2D eigenvalue weighted by Gasteiger charge is -2.12. The smallest absolute Gasteiger partial charge is 0.241 e. The molecule has 0 spiro atoms. The summed E-state index contributed by atoms with van der Waals surface area (Å²) >= 11 is 0. The van der Waals surface area contributed by atoms with Crippen LogP contribution in [0, 0.1) is 23.5 Å². The van der Waals surface area contributed by atoms with E-state index in [1.54, 1.807) is 0 Å². The molecule has 0 unspecified atom stereocenters. The highest BCUT2D eigenvalue weighted by atomic mass is 19.1. The highest BCUT2D eigenvalue weighted by Gasteiger charge is 2.55. The summed E-state index contributed by atoms with van der Waals surface area (Å²) in [6.45, 7) is 1.94. The van der Waals surface area contributed by atoms with Crippen molar-refractivity contribution in [2.75, 3.05) is 5.32 Å². The van der Waals surface area contributed by atoms with Crippen molar-refractivity contribution in [1.29, 1.82) is 0 Å². The van der Waals surface area contributed by atoms with Crippen LogP contribution in [-0.4, -0.2) is 11.9 Å². The summed E-state index contributed by atoms with van der Waals surface area (Å²) in [5, 5.41) is 2.44. The molecular formula is C12H12F2N2O. The van der Waals surface area contributed by atoms with E-state index in [0.717, 1.165) is 6.07 Å². The van der Waals surface area contributed by atoms with Crippen molar-refractivity contribution in [1.82, 2.24) is 0 Å². The van der Waals surface area contributed by atoms with E-state index in [0.29, 0.717) is 5.56 Å². The van der Waals surface area contributed by atoms with Gasteiger partial charge in [-0.05, 0) is 29.4 Å². The Bertz CT molecular complexity index is 517. The first-order valence-electron chi connectivity index (χ1n) is 5.56. The molecule has 3 nitrogen and oxygen atoms in total. The summed E-state index contributed by atoms with van der Waals surface area (Å²) in [7, 11) is 0. The van der Waals surface area contributed by atoms with Crippen LogP contribution in [0.3, 0.4) is 0 Å². The number of nitrogens with two attached hydrogens (primary N) is 1. The van der Waals surface area contributed by atoms with Gasteiger partial charge in [-0.1, -0.05) is 6.92 Å². The van der Waals surface area contributed by atoms with Crippen molar-refractivity contribution in [3.63, 3.8) is 0 Å². The molecule has 1 fully saturated rings. The van der Waals surface area contributed by atoms with Gasteiger partial charge in [-0.3, -0.25) is 4.79 Å². The molecule has 1 amide bonds. The zero-order valence-electron chi connectivity index (χ0n) is 9.21. The summed E-state index contributed by atoms with van der Waals surface area (Å²) in [5.74, 6) is -1.60. The van der Waals surface area contributed by atoms with Gasteiger partial charge in [-0.15, -0.1) is 0 Å². The highest BCUT2D eigenvalue weighted by Crippen LogP contribution is 2.58. The average Bonchev–Trinajstić information content (AvgIpc) is 2.93. The van der Waals surface area contributed by atoms with Gasteiger partial charge in [0.25, 0.3) is 0 Å². The van der Waals surface area contributed by atoms with Crippen molar-refractivity contribution < 1.29 is 13.6 Å². The van der Waals surface area contributed by atoms with E-state index in [1.165, 1.54) is 6.07 Å². The second kappa shape index (κ2) is 3.26. The van der Waals surface area contributed by atoms with Crippen molar-refractivity contribution in [3.8, 4) is 0 Å². The molecule has 0 aromatic heterocycles. The third kappa shape index (κ3) is 1.38. The van der Waals surface area contributed by atoms with E-state index in [4.69, 9.17) is 5.73 Å². The summed E-state index contributed by atoms with van der Waals surface area (Å²) < 4.78 is 26.9. The molecule has 1 heterocycles. The second-order valence-electron chi connectivity index (χ2n) is 4.83. The average molecular weight is 238 g/mol. The topological polar surface area (TPSA) is 55.1 Å². The molecule has 17 heavy (non-hydrogen) atoms. The predicted molar refractivity (Wildman–Crippen MR) is 58.4 cm³/mol. The van der Waals surface area contributed by atoms with Gasteiger partial charge in [0, 0.05) is 6.07 Å². The first kappa shape index (κ1) is 10.7. The van der Waals surface area contributed by atoms with Crippen LogP contribution in [0.2, 0.25) is 0 Å². The number of carbonyl (C=O) groups excluding carboxylic acids is 1. The van der Waals surface area contributed by atoms with E-state index in [9.17, 15) is 13.6 Å².